The smallest absolute Gasteiger partial charge is 0.254 e. The maximum Gasteiger partial charge on any atom is 0.254 e. The van der Waals surface area contributed by atoms with E-state index in [9.17, 15) is 4.79 Å². The van der Waals surface area contributed by atoms with Gasteiger partial charge in [-0.3, -0.25) is 4.79 Å². The first-order chi connectivity index (χ1) is 9.10. The predicted molar refractivity (Wildman–Crippen MR) is 73.5 cm³/mol. The van der Waals surface area contributed by atoms with Crippen LogP contribution in [0.15, 0.2) is 24.3 Å². The number of hydrogen-bond acceptors (Lipinski definition) is 3. The third kappa shape index (κ3) is 3.47. The van der Waals surface area contributed by atoms with Crippen LogP contribution >= 0.6 is 0 Å². The average Bonchev–Trinajstić information content (AvgIpc) is 2.38. The molecule has 1 aromatic carbocycles. The number of morpholine rings is 1. The minimum atomic E-state index is 0.0602. The van der Waals surface area contributed by atoms with Crippen LogP contribution in [0.1, 0.15) is 31.1 Å². The van der Waals surface area contributed by atoms with E-state index in [0.717, 1.165) is 5.75 Å². The Labute approximate surface area is 114 Å². The fourth-order valence-electron chi connectivity index (χ4n) is 2.39. The molecule has 0 saturated carbocycles. The van der Waals surface area contributed by atoms with Crippen molar-refractivity contribution in [2.75, 3.05) is 19.7 Å². The lowest BCUT2D eigenvalue weighted by atomic mass is 10.1. The fourth-order valence-corrected chi connectivity index (χ4v) is 2.39. The van der Waals surface area contributed by atoms with Crippen molar-refractivity contribution in [3.8, 4) is 5.75 Å². The lowest BCUT2D eigenvalue weighted by Gasteiger charge is -2.35. The second-order valence-electron chi connectivity index (χ2n) is 4.92. The van der Waals surface area contributed by atoms with E-state index in [0.29, 0.717) is 25.3 Å². The van der Waals surface area contributed by atoms with E-state index in [1.54, 1.807) is 0 Å². The summed E-state index contributed by atoms with van der Waals surface area (Å²) in [5.41, 5.74) is 0.699. The van der Waals surface area contributed by atoms with Gasteiger partial charge in [0.15, 0.2) is 0 Å². The summed E-state index contributed by atoms with van der Waals surface area (Å²) in [6.45, 7) is 7.86. The molecule has 1 fully saturated rings. The first kappa shape index (κ1) is 13.9. The van der Waals surface area contributed by atoms with Gasteiger partial charge in [-0.1, -0.05) is 0 Å². The van der Waals surface area contributed by atoms with E-state index in [2.05, 4.69) is 0 Å². The normalized spacial score (nSPS) is 23.2. The molecule has 1 aromatic rings. The SMILES string of the molecule is CCOc1ccc(C(=O)N2C[C@H](C)O[C@@H](C)C2)cc1. The predicted octanol–water partition coefficient (Wildman–Crippen LogP) is 2.33. The number of carbonyl (C=O) groups is 1. The molecule has 0 aliphatic carbocycles. The minimum absolute atomic E-state index is 0.0602. The van der Waals surface area contributed by atoms with E-state index >= 15 is 0 Å². The van der Waals surface area contributed by atoms with Crippen LogP contribution in [0, 0.1) is 0 Å². The second-order valence-corrected chi connectivity index (χ2v) is 4.92. The molecule has 0 aromatic heterocycles. The Bertz CT molecular complexity index is 420. The van der Waals surface area contributed by atoms with Crippen LogP contribution < -0.4 is 4.74 Å². The summed E-state index contributed by atoms with van der Waals surface area (Å²) in [5, 5.41) is 0. The minimum Gasteiger partial charge on any atom is -0.494 e. The molecule has 4 heteroatoms. The lowest BCUT2D eigenvalue weighted by Crippen LogP contribution is -2.48. The van der Waals surface area contributed by atoms with Crippen LogP contribution in [0.4, 0.5) is 0 Å². The van der Waals surface area contributed by atoms with Crippen LogP contribution in [0.25, 0.3) is 0 Å². The summed E-state index contributed by atoms with van der Waals surface area (Å²) in [5.74, 6) is 0.854. The molecule has 0 spiro atoms. The van der Waals surface area contributed by atoms with Gasteiger partial charge in [0.25, 0.3) is 5.91 Å². The zero-order valence-electron chi connectivity index (χ0n) is 11.8. The molecular weight excluding hydrogens is 242 g/mol. The molecule has 104 valence electrons. The summed E-state index contributed by atoms with van der Waals surface area (Å²) < 4.78 is 11.0. The summed E-state index contributed by atoms with van der Waals surface area (Å²) in [6.07, 6.45) is 0.186. The van der Waals surface area contributed by atoms with Crippen molar-refractivity contribution < 1.29 is 14.3 Å². The van der Waals surface area contributed by atoms with Crippen molar-refractivity contribution in [3.05, 3.63) is 29.8 Å². The summed E-state index contributed by atoms with van der Waals surface area (Å²) >= 11 is 0. The lowest BCUT2D eigenvalue weighted by molar-refractivity contribution is -0.0586. The Balaban J connectivity index is 2.06. The Morgan fingerprint density at radius 3 is 2.37 bits per heavy atom. The second kappa shape index (κ2) is 6.06. The van der Waals surface area contributed by atoms with Crippen molar-refractivity contribution >= 4 is 5.91 Å². The van der Waals surface area contributed by atoms with Gasteiger partial charge in [-0.25, -0.2) is 0 Å². The quantitative estimate of drug-likeness (QED) is 0.840. The van der Waals surface area contributed by atoms with Crippen molar-refractivity contribution in [3.63, 3.8) is 0 Å². The first-order valence-electron chi connectivity index (χ1n) is 6.77. The first-order valence-corrected chi connectivity index (χ1v) is 6.77. The molecular formula is C15H21NO3. The molecule has 0 unspecified atom stereocenters. The van der Waals surface area contributed by atoms with Gasteiger partial charge in [-0.15, -0.1) is 0 Å². The van der Waals surface area contributed by atoms with Gasteiger partial charge in [0.05, 0.1) is 18.8 Å². The van der Waals surface area contributed by atoms with E-state index in [1.807, 2.05) is 49.9 Å². The number of nitrogens with zero attached hydrogens (tertiary/aromatic N) is 1. The summed E-state index contributed by atoms with van der Waals surface area (Å²) in [7, 11) is 0. The molecule has 19 heavy (non-hydrogen) atoms. The Morgan fingerprint density at radius 1 is 1.26 bits per heavy atom. The Morgan fingerprint density at radius 2 is 1.84 bits per heavy atom. The molecule has 2 rings (SSSR count). The molecule has 1 aliphatic heterocycles. The number of rotatable bonds is 3. The van der Waals surface area contributed by atoms with Gasteiger partial charge >= 0.3 is 0 Å². The average molecular weight is 263 g/mol. The van der Waals surface area contributed by atoms with Crippen LogP contribution in [0.2, 0.25) is 0 Å². The number of carbonyl (C=O) groups excluding carboxylic acids is 1. The van der Waals surface area contributed by atoms with E-state index < -0.39 is 0 Å². The van der Waals surface area contributed by atoms with E-state index in [1.165, 1.54) is 0 Å². The highest BCUT2D eigenvalue weighted by Crippen LogP contribution is 2.17. The molecule has 0 bridgehead atoms. The van der Waals surface area contributed by atoms with Gasteiger partial charge in [-0.05, 0) is 45.0 Å². The number of amides is 1. The Kier molecular flexibility index (Phi) is 4.43. The van der Waals surface area contributed by atoms with Crippen molar-refractivity contribution in [2.24, 2.45) is 0 Å². The van der Waals surface area contributed by atoms with Crippen molar-refractivity contribution in [1.29, 1.82) is 0 Å². The van der Waals surface area contributed by atoms with Gasteiger partial charge in [0.1, 0.15) is 5.75 Å². The van der Waals surface area contributed by atoms with E-state index in [4.69, 9.17) is 9.47 Å². The molecule has 1 aliphatic rings. The zero-order chi connectivity index (χ0) is 13.8. The van der Waals surface area contributed by atoms with Gasteiger partial charge in [0.2, 0.25) is 0 Å². The highest BCUT2D eigenvalue weighted by Gasteiger charge is 2.26. The topological polar surface area (TPSA) is 38.8 Å². The van der Waals surface area contributed by atoms with Crippen molar-refractivity contribution in [1.82, 2.24) is 4.90 Å². The number of ether oxygens (including phenoxy) is 2. The highest BCUT2D eigenvalue weighted by molar-refractivity contribution is 5.94. The van der Waals surface area contributed by atoms with Crippen LogP contribution in [-0.2, 0) is 4.74 Å². The van der Waals surface area contributed by atoms with Gasteiger partial charge in [-0.2, -0.15) is 0 Å². The molecule has 1 amide bonds. The molecule has 0 radical (unpaired) electrons. The number of benzene rings is 1. The third-order valence-corrected chi connectivity index (χ3v) is 3.12. The van der Waals surface area contributed by atoms with Crippen LogP contribution in [-0.4, -0.2) is 42.7 Å². The molecule has 1 heterocycles. The molecule has 4 nitrogen and oxygen atoms in total. The molecule has 2 atom stereocenters. The largest absolute Gasteiger partial charge is 0.494 e. The third-order valence-electron chi connectivity index (χ3n) is 3.12. The monoisotopic (exact) mass is 263 g/mol. The maximum atomic E-state index is 12.4. The van der Waals surface area contributed by atoms with Crippen LogP contribution in [0.5, 0.6) is 5.75 Å². The standard InChI is InChI=1S/C15H21NO3/c1-4-18-14-7-5-13(6-8-14)15(17)16-9-11(2)19-12(3)10-16/h5-8,11-12H,4,9-10H2,1-3H3/t11-,12-/m0/s1. The molecule has 1 saturated heterocycles. The van der Waals surface area contributed by atoms with Crippen molar-refractivity contribution in [2.45, 2.75) is 33.0 Å². The molecule has 0 N–H and O–H groups in total. The fraction of sp³-hybridized carbons (Fsp3) is 0.533. The van der Waals surface area contributed by atoms with Gasteiger partial charge in [0, 0.05) is 18.7 Å². The maximum absolute atomic E-state index is 12.4. The zero-order valence-corrected chi connectivity index (χ0v) is 11.8. The highest BCUT2D eigenvalue weighted by atomic mass is 16.5. The van der Waals surface area contributed by atoms with Crippen LogP contribution in [0.3, 0.4) is 0 Å². The van der Waals surface area contributed by atoms with Gasteiger partial charge < -0.3 is 14.4 Å². The Hall–Kier alpha value is -1.55. The summed E-state index contributed by atoms with van der Waals surface area (Å²) in [6, 6.07) is 7.31. The number of hydrogen-bond donors (Lipinski definition) is 0. The summed E-state index contributed by atoms with van der Waals surface area (Å²) in [4.78, 5) is 14.2. The van der Waals surface area contributed by atoms with E-state index in [-0.39, 0.29) is 18.1 Å².